The van der Waals surface area contributed by atoms with Crippen molar-refractivity contribution in [1.29, 1.82) is 0 Å². The largest absolute Gasteiger partial charge is 0.481 e. The fourth-order valence-electron chi connectivity index (χ4n) is 1.35. The van der Waals surface area contributed by atoms with Crippen molar-refractivity contribution >= 4 is 23.9 Å². The van der Waals surface area contributed by atoms with Crippen LogP contribution in [0.25, 0.3) is 0 Å². The molecule has 0 aromatic rings. The normalized spacial score (nSPS) is 13.4. The van der Waals surface area contributed by atoms with Crippen LogP contribution in [0.3, 0.4) is 0 Å². The third-order valence-corrected chi connectivity index (χ3v) is 2.09. The Morgan fingerprint density at radius 1 is 0.517 bits per heavy atom. The molecule has 0 aromatic carbocycles. The number of rotatable bonds is 0. The number of hydrazine groups is 3. The Balaban J connectivity index is -0.0000000949. The molecule has 0 saturated carbocycles. The number of carboxylic acid groups (broad SMARTS) is 4. The van der Waals surface area contributed by atoms with E-state index >= 15 is 0 Å². The van der Waals surface area contributed by atoms with Crippen molar-refractivity contribution in [3.8, 4) is 0 Å². The van der Waals surface area contributed by atoms with E-state index in [1.54, 1.807) is 0 Å². The number of hydrogen-bond acceptors (Lipinski definition) is 8. The van der Waals surface area contributed by atoms with E-state index in [1.807, 2.05) is 0 Å². The topological polar surface area (TPSA) is 197 Å². The Labute approximate surface area is 203 Å². The van der Waals surface area contributed by atoms with Crippen LogP contribution in [0, 0.1) is 39.9 Å². The molecular weight excluding hydrogens is 533 g/mol. The molecule has 0 radical (unpaired) electrons. The molecule has 0 aliphatic carbocycles. The minimum Gasteiger partial charge on any atom is -0.481 e. The van der Waals surface area contributed by atoms with Crippen LogP contribution in [-0.2, 0) is 19.2 Å². The predicted octanol–water partition coefficient (Wildman–Crippen LogP) is 0.808. The number of carboxylic acids is 4. The van der Waals surface area contributed by atoms with Gasteiger partial charge >= 0.3 is 0 Å². The fourth-order valence-corrected chi connectivity index (χ4v) is 1.35. The number of nitrogens with one attached hydrogen (secondary N) is 4. The van der Waals surface area contributed by atoms with Crippen molar-refractivity contribution in [3.63, 3.8) is 0 Å². The SMILES string of the molecule is C1CCCCNNNNCCC1.CC(=O)O.CC(=O)O.CC(=O)O.CC(=O)O.[Gd]. The van der Waals surface area contributed by atoms with Crippen molar-refractivity contribution in [3.05, 3.63) is 0 Å². The average molecular weight is 570 g/mol. The van der Waals surface area contributed by atoms with Gasteiger partial charge in [-0.3, -0.25) is 19.2 Å². The van der Waals surface area contributed by atoms with Gasteiger partial charge in [0, 0.05) is 80.7 Å². The summed E-state index contributed by atoms with van der Waals surface area (Å²) in [5, 5.41) is 29.7. The van der Waals surface area contributed by atoms with Crippen LogP contribution in [0.5, 0.6) is 0 Å². The maximum Gasteiger partial charge on any atom is 0.300 e. The zero-order valence-electron chi connectivity index (χ0n) is 17.4. The number of hydrogen-bond donors (Lipinski definition) is 8. The minimum absolute atomic E-state index is 0. The quantitative estimate of drug-likeness (QED) is 0.205. The van der Waals surface area contributed by atoms with Crippen LogP contribution in [-0.4, -0.2) is 57.4 Å². The van der Waals surface area contributed by atoms with Gasteiger partial charge in [0.1, 0.15) is 0 Å². The molecule has 1 heterocycles. The Morgan fingerprint density at radius 3 is 0.897 bits per heavy atom. The van der Waals surface area contributed by atoms with Crippen LogP contribution in [0.2, 0.25) is 0 Å². The summed E-state index contributed by atoms with van der Waals surface area (Å²) in [7, 11) is 0. The van der Waals surface area contributed by atoms with Crippen molar-refractivity contribution < 1.29 is 79.5 Å². The van der Waals surface area contributed by atoms with Crippen LogP contribution >= 0.6 is 0 Å². The van der Waals surface area contributed by atoms with E-state index in [1.165, 1.54) is 38.5 Å². The van der Waals surface area contributed by atoms with Gasteiger partial charge in [0.25, 0.3) is 23.9 Å². The standard InChI is InChI=1S/C8H20N4.4C2H4O2.Gd/c1-2-4-6-8-10-12-11-9-7-5-3-1;4*1-2(3)4;/h9-12H,1-8H2;4*1H3,(H,3,4);. The summed E-state index contributed by atoms with van der Waals surface area (Å²) in [5.74, 6) is -3.33. The second-order valence-corrected chi connectivity index (χ2v) is 5.30. The molecule has 0 aromatic heterocycles. The molecule has 0 amide bonds. The summed E-state index contributed by atoms with van der Waals surface area (Å²) >= 11 is 0. The Morgan fingerprint density at radius 2 is 0.690 bits per heavy atom. The molecule has 0 bridgehead atoms. The summed E-state index contributed by atoms with van der Waals surface area (Å²) < 4.78 is 0. The molecular formula is C16H36GdN4O8. The zero-order chi connectivity index (χ0) is 22.8. The number of carbonyl (C=O) groups is 4. The second-order valence-electron chi connectivity index (χ2n) is 5.30. The first-order chi connectivity index (χ1) is 12.9. The molecule has 0 spiro atoms. The third-order valence-electron chi connectivity index (χ3n) is 2.09. The molecule has 1 fully saturated rings. The molecule has 1 rings (SSSR count). The Bertz CT molecular complexity index is 294. The van der Waals surface area contributed by atoms with Gasteiger partial charge < -0.3 is 20.4 Å². The molecule has 29 heavy (non-hydrogen) atoms. The summed E-state index contributed by atoms with van der Waals surface area (Å²) in [6.45, 7) is 6.41. The van der Waals surface area contributed by atoms with Crippen LogP contribution in [0.15, 0.2) is 0 Å². The zero-order valence-corrected chi connectivity index (χ0v) is 19.7. The smallest absolute Gasteiger partial charge is 0.300 e. The van der Waals surface area contributed by atoms with Gasteiger partial charge in [0.05, 0.1) is 0 Å². The summed E-state index contributed by atoms with van der Waals surface area (Å²) in [4.78, 5) is 36.0. The van der Waals surface area contributed by atoms with Gasteiger partial charge in [-0.1, -0.05) is 25.7 Å². The molecule has 8 N–H and O–H groups in total. The molecule has 1 aliphatic rings. The number of aliphatic carboxylic acids is 4. The maximum atomic E-state index is 9.00. The molecule has 1 saturated heterocycles. The molecule has 12 nitrogen and oxygen atoms in total. The van der Waals surface area contributed by atoms with E-state index in [0.29, 0.717) is 0 Å². The third kappa shape index (κ3) is 139. The molecule has 13 heteroatoms. The molecule has 0 unspecified atom stereocenters. The second kappa shape index (κ2) is 34.5. The first kappa shape index (κ1) is 38.6. The first-order valence-corrected chi connectivity index (χ1v) is 8.67. The van der Waals surface area contributed by atoms with Gasteiger partial charge in [0.15, 0.2) is 0 Å². The summed E-state index contributed by atoms with van der Waals surface area (Å²) in [5.41, 5.74) is 11.9. The van der Waals surface area contributed by atoms with Gasteiger partial charge in [-0.05, 0) is 12.8 Å². The van der Waals surface area contributed by atoms with Gasteiger partial charge in [-0.25, -0.2) is 10.9 Å². The molecule has 176 valence electrons. The van der Waals surface area contributed by atoms with E-state index in [0.717, 1.165) is 40.8 Å². The van der Waals surface area contributed by atoms with Crippen molar-refractivity contribution in [2.24, 2.45) is 0 Å². The van der Waals surface area contributed by atoms with E-state index in [9.17, 15) is 0 Å². The minimum atomic E-state index is -0.833. The van der Waals surface area contributed by atoms with Crippen molar-refractivity contribution in [2.75, 3.05) is 13.1 Å². The molecule has 0 atom stereocenters. The van der Waals surface area contributed by atoms with E-state index in [4.69, 9.17) is 39.6 Å². The van der Waals surface area contributed by atoms with Gasteiger partial charge in [0.2, 0.25) is 0 Å². The maximum absolute atomic E-state index is 9.00. The predicted molar refractivity (Wildman–Crippen MR) is 103 cm³/mol. The van der Waals surface area contributed by atoms with Crippen LogP contribution in [0.1, 0.15) is 66.2 Å². The monoisotopic (exact) mass is 570 g/mol. The molecule has 1 aliphatic heterocycles. The average Bonchev–Trinajstić information content (AvgIpc) is 2.45. The summed E-state index contributed by atoms with van der Waals surface area (Å²) in [6, 6.07) is 0. The van der Waals surface area contributed by atoms with Crippen LogP contribution in [0.4, 0.5) is 0 Å². The van der Waals surface area contributed by atoms with Crippen molar-refractivity contribution in [1.82, 2.24) is 21.9 Å². The van der Waals surface area contributed by atoms with E-state index in [2.05, 4.69) is 21.9 Å². The fraction of sp³-hybridized carbons (Fsp3) is 0.750. The summed E-state index contributed by atoms with van der Waals surface area (Å²) in [6.07, 6.45) is 7.98. The van der Waals surface area contributed by atoms with Gasteiger partial charge in [-0.2, -0.15) is 11.1 Å². The van der Waals surface area contributed by atoms with Crippen molar-refractivity contribution in [2.45, 2.75) is 66.2 Å². The van der Waals surface area contributed by atoms with E-state index < -0.39 is 23.9 Å². The first-order valence-electron chi connectivity index (χ1n) is 8.67. The van der Waals surface area contributed by atoms with Crippen LogP contribution < -0.4 is 21.9 Å². The van der Waals surface area contributed by atoms with E-state index in [-0.39, 0.29) is 39.9 Å². The van der Waals surface area contributed by atoms with Gasteiger partial charge in [-0.15, -0.1) is 0 Å². The Kier molecular flexibility index (Phi) is 46.0. The Hall–Kier alpha value is -0.955.